The molecule has 1 aliphatic rings. The van der Waals surface area contributed by atoms with E-state index in [4.69, 9.17) is 0 Å². The topological polar surface area (TPSA) is 15.3 Å². The standard InChI is InChI=1S/C16H26N2/c1-4-14-7-9-15(10-8-14)13(2)18-11-5-6-16(18)12-17-3/h7-10,13,16-17H,4-6,11-12H2,1-3H3. The zero-order valence-corrected chi connectivity index (χ0v) is 11.9. The molecule has 0 radical (unpaired) electrons. The van der Waals surface area contributed by atoms with E-state index >= 15 is 0 Å². The Balaban J connectivity index is 2.06. The molecule has 1 aromatic rings. The minimum Gasteiger partial charge on any atom is -0.318 e. The van der Waals surface area contributed by atoms with Crippen LogP contribution >= 0.6 is 0 Å². The Morgan fingerprint density at radius 2 is 2.06 bits per heavy atom. The normalized spacial score (nSPS) is 22.3. The number of benzene rings is 1. The highest BCUT2D eigenvalue weighted by molar-refractivity contribution is 5.25. The molecule has 0 spiro atoms. The Bertz CT molecular complexity index is 358. The molecule has 2 atom stereocenters. The number of likely N-dealkylation sites (N-methyl/N-ethyl adjacent to an activating group) is 1. The second kappa shape index (κ2) is 6.35. The number of hydrogen-bond donors (Lipinski definition) is 1. The SMILES string of the molecule is CCc1ccc(C(C)N2CCCC2CNC)cc1. The molecule has 0 aromatic heterocycles. The summed E-state index contributed by atoms with van der Waals surface area (Å²) in [6.07, 6.45) is 3.79. The van der Waals surface area contributed by atoms with Crippen molar-refractivity contribution in [3.05, 3.63) is 35.4 Å². The molecule has 100 valence electrons. The van der Waals surface area contributed by atoms with Crippen molar-refractivity contribution < 1.29 is 0 Å². The lowest BCUT2D eigenvalue weighted by Gasteiger charge is -2.31. The summed E-state index contributed by atoms with van der Waals surface area (Å²) in [5.74, 6) is 0. The maximum Gasteiger partial charge on any atom is 0.0323 e. The monoisotopic (exact) mass is 246 g/mol. The average molecular weight is 246 g/mol. The van der Waals surface area contributed by atoms with Gasteiger partial charge in [-0.15, -0.1) is 0 Å². The Hall–Kier alpha value is -0.860. The van der Waals surface area contributed by atoms with Gasteiger partial charge in [0.2, 0.25) is 0 Å². The predicted octanol–water partition coefficient (Wildman–Crippen LogP) is 2.99. The third kappa shape index (κ3) is 2.93. The van der Waals surface area contributed by atoms with E-state index in [1.165, 1.54) is 30.5 Å². The van der Waals surface area contributed by atoms with Crippen LogP contribution in [0.2, 0.25) is 0 Å². The van der Waals surface area contributed by atoms with Crippen LogP contribution < -0.4 is 5.32 Å². The number of nitrogens with one attached hydrogen (secondary N) is 1. The van der Waals surface area contributed by atoms with Gasteiger partial charge in [0.25, 0.3) is 0 Å². The Morgan fingerprint density at radius 1 is 1.33 bits per heavy atom. The van der Waals surface area contributed by atoms with Gasteiger partial charge >= 0.3 is 0 Å². The zero-order chi connectivity index (χ0) is 13.0. The molecule has 1 aliphatic heterocycles. The largest absolute Gasteiger partial charge is 0.318 e. The van der Waals surface area contributed by atoms with Crippen LogP contribution in [0.25, 0.3) is 0 Å². The molecule has 2 nitrogen and oxygen atoms in total. The third-order valence-corrected chi connectivity index (χ3v) is 4.23. The molecule has 0 saturated carbocycles. The lowest BCUT2D eigenvalue weighted by Crippen LogP contribution is -2.38. The first kappa shape index (κ1) is 13.6. The summed E-state index contributed by atoms with van der Waals surface area (Å²) in [7, 11) is 2.05. The van der Waals surface area contributed by atoms with Gasteiger partial charge in [0.15, 0.2) is 0 Å². The van der Waals surface area contributed by atoms with E-state index in [0.29, 0.717) is 12.1 Å². The van der Waals surface area contributed by atoms with Gasteiger partial charge in [-0.05, 0) is 50.9 Å². The van der Waals surface area contributed by atoms with Crippen molar-refractivity contribution in [2.24, 2.45) is 0 Å². The minimum absolute atomic E-state index is 0.539. The molecule has 1 N–H and O–H groups in total. The van der Waals surface area contributed by atoms with Gasteiger partial charge in [-0.2, -0.15) is 0 Å². The van der Waals surface area contributed by atoms with Gasteiger partial charge in [0.05, 0.1) is 0 Å². The lowest BCUT2D eigenvalue weighted by molar-refractivity contribution is 0.191. The number of likely N-dealkylation sites (tertiary alicyclic amines) is 1. The molecule has 1 aromatic carbocycles. The summed E-state index contributed by atoms with van der Waals surface area (Å²) in [6.45, 7) is 6.90. The Morgan fingerprint density at radius 3 is 2.67 bits per heavy atom. The van der Waals surface area contributed by atoms with Gasteiger partial charge in [-0.25, -0.2) is 0 Å². The first-order valence-corrected chi connectivity index (χ1v) is 7.25. The predicted molar refractivity (Wildman–Crippen MR) is 77.9 cm³/mol. The molecule has 1 saturated heterocycles. The summed E-state index contributed by atoms with van der Waals surface area (Å²) in [4.78, 5) is 2.65. The molecule has 0 amide bonds. The minimum atomic E-state index is 0.539. The highest BCUT2D eigenvalue weighted by Crippen LogP contribution is 2.28. The summed E-state index contributed by atoms with van der Waals surface area (Å²) >= 11 is 0. The number of aryl methyl sites for hydroxylation is 1. The van der Waals surface area contributed by atoms with Crippen LogP contribution in [0.3, 0.4) is 0 Å². The van der Waals surface area contributed by atoms with Crippen molar-refractivity contribution >= 4 is 0 Å². The van der Waals surface area contributed by atoms with Crippen molar-refractivity contribution in [3.8, 4) is 0 Å². The smallest absolute Gasteiger partial charge is 0.0323 e. The van der Waals surface area contributed by atoms with Gasteiger partial charge in [0, 0.05) is 18.6 Å². The summed E-state index contributed by atoms with van der Waals surface area (Å²) in [6, 6.07) is 10.4. The van der Waals surface area contributed by atoms with Gasteiger partial charge in [-0.1, -0.05) is 31.2 Å². The fourth-order valence-corrected chi connectivity index (χ4v) is 3.05. The third-order valence-electron chi connectivity index (χ3n) is 4.23. The van der Waals surface area contributed by atoms with Crippen molar-refractivity contribution in [3.63, 3.8) is 0 Å². The van der Waals surface area contributed by atoms with Gasteiger partial charge < -0.3 is 5.32 Å². The average Bonchev–Trinajstić information content (AvgIpc) is 2.87. The number of hydrogen-bond acceptors (Lipinski definition) is 2. The quantitative estimate of drug-likeness (QED) is 0.859. The molecule has 2 unspecified atom stereocenters. The van der Waals surface area contributed by atoms with Crippen LogP contribution in [0.5, 0.6) is 0 Å². The van der Waals surface area contributed by atoms with Crippen molar-refractivity contribution in [1.29, 1.82) is 0 Å². The fourth-order valence-electron chi connectivity index (χ4n) is 3.05. The summed E-state index contributed by atoms with van der Waals surface area (Å²) < 4.78 is 0. The van der Waals surface area contributed by atoms with Gasteiger partial charge in [-0.3, -0.25) is 4.90 Å². The van der Waals surface area contributed by atoms with Crippen molar-refractivity contribution in [2.45, 2.75) is 45.2 Å². The van der Waals surface area contributed by atoms with E-state index < -0.39 is 0 Å². The van der Waals surface area contributed by atoms with E-state index in [1.807, 2.05) is 0 Å². The summed E-state index contributed by atoms with van der Waals surface area (Å²) in [5, 5.41) is 3.32. The molecule has 18 heavy (non-hydrogen) atoms. The molecule has 1 heterocycles. The molecular formula is C16H26N2. The first-order valence-electron chi connectivity index (χ1n) is 7.25. The van der Waals surface area contributed by atoms with E-state index in [2.05, 4.69) is 55.4 Å². The highest BCUT2D eigenvalue weighted by Gasteiger charge is 2.28. The first-order chi connectivity index (χ1) is 8.76. The molecule has 2 rings (SSSR count). The second-order valence-electron chi connectivity index (χ2n) is 5.36. The van der Waals surface area contributed by atoms with Crippen LogP contribution in [-0.2, 0) is 6.42 Å². The highest BCUT2D eigenvalue weighted by atomic mass is 15.2. The molecule has 0 aliphatic carbocycles. The molecule has 0 bridgehead atoms. The van der Waals surface area contributed by atoms with E-state index in [1.54, 1.807) is 0 Å². The van der Waals surface area contributed by atoms with Crippen LogP contribution in [0, 0.1) is 0 Å². The molecule has 1 fully saturated rings. The molecular weight excluding hydrogens is 220 g/mol. The Labute approximate surface area is 111 Å². The fraction of sp³-hybridized carbons (Fsp3) is 0.625. The van der Waals surface area contributed by atoms with Crippen molar-refractivity contribution in [1.82, 2.24) is 10.2 Å². The number of nitrogens with zero attached hydrogens (tertiary/aromatic N) is 1. The lowest BCUT2D eigenvalue weighted by atomic mass is 10.0. The Kier molecular flexibility index (Phi) is 4.79. The second-order valence-corrected chi connectivity index (χ2v) is 5.36. The van der Waals surface area contributed by atoms with Gasteiger partial charge in [0.1, 0.15) is 0 Å². The maximum atomic E-state index is 3.32. The van der Waals surface area contributed by atoms with Crippen LogP contribution in [-0.4, -0.2) is 31.1 Å². The van der Waals surface area contributed by atoms with E-state index in [0.717, 1.165) is 13.0 Å². The van der Waals surface area contributed by atoms with Crippen molar-refractivity contribution in [2.75, 3.05) is 20.1 Å². The van der Waals surface area contributed by atoms with E-state index in [-0.39, 0.29) is 0 Å². The maximum absolute atomic E-state index is 3.32. The van der Waals surface area contributed by atoms with E-state index in [9.17, 15) is 0 Å². The van der Waals surface area contributed by atoms with Crippen LogP contribution in [0.1, 0.15) is 43.9 Å². The van der Waals surface area contributed by atoms with Crippen LogP contribution in [0.15, 0.2) is 24.3 Å². The van der Waals surface area contributed by atoms with Crippen LogP contribution in [0.4, 0.5) is 0 Å². The zero-order valence-electron chi connectivity index (χ0n) is 11.9. The number of rotatable bonds is 5. The molecule has 2 heteroatoms. The summed E-state index contributed by atoms with van der Waals surface area (Å²) in [5.41, 5.74) is 2.88.